The fourth-order valence-corrected chi connectivity index (χ4v) is 2.93. The third kappa shape index (κ3) is 3.04. The number of nitrogens with one attached hydrogen (secondary N) is 1. The monoisotopic (exact) mass is 216 g/mol. The van der Waals surface area contributed by atoms with Crippen LogP contribution in [0.1, 0.15) is 19.8 Å². The molecule has 0 aromatic carbocycles. The molecule has 0 amide bonds. The highest BCUT2D eigenvalue weighted by atomic mass is 32.2. The zero-order chi connectivity index (χ0) is 9.97. The normalized spacial score (nSPS) is 27.8. The molecule has 1 N–H and O–H groups in total. The standard InChI is InChI=1S/C10H20N2OS/c1-9(8-11-10-2-3-10)12-4-6-14(13)7-5-12/h9-11H,2-8H2,1H3. The lowest BCUT2D eigenvalue weighted by Gasteiger charge is -2.32. The van der Waals surface area contributed by atoms with Crippen molar-refractivity contribution in [1.29, 1.82) is 0 Å². The van der Waals surface area contributed by atoms with Crippen molar-refractivity contribution in [3.05, 3.63) is 0 Å². The maximum Gasteiger partial charge on any atom is 0.0363 e. The van der Waals surface area contributed by atoms with Gasteiger partial charge in [-0.15, -0.1) is 0 Å². The van der Waals surface area contributed by atoms with Crippen molar-refractivity contribution in [3.8, 4) is 0 Å². The summed E-state index contributed by atoms with van der Waals surface area (Å²) in [6, 6.07) is 1.41. The SMILES string of the molecule is CC(CNC1CC1)N1CCS(=O)CC1. The molecule has 2 rings (SSSR count). The van der Waals surface area contributed by atoms with Gasteiger partial charge >= 0.3 is 0 Å². The van der Waals surface area contributed by atoms with E-state index >= 15 is 0 Å². The molecule has 4 heteroatoms. The molecule has 82 valence electrons. The molecule has 2 aliphatic rings. The smallest absolute Gasteiger partial charge is 0.0363 e. The van der Waals surface area contributed by atoms with Crippen LogP contribution >= 0.6 is 0 Å². The van der Waals surface area contributed by atoms with Crippen LogP contribution in [0.2, 0.25) is 0 Å². The third-order valence-corrected chi connectivity index (χ3v) is 4.39. The second-order valence-electron chi connectivity index (χ2n) is 4.42. The van der Waals surface area contributed by atoms with Crippen LogP contribution in [0.4, 0.5) is 0 Å². The van der Waals surface area contributed by atoms with Crippen LogP contribution in [0.3, 0.4) is 0 Å². The topological polar surface area (TPSA) is 32.3 Å². The molecule has 1 aliphatic carbocycles. The summed E-state index contributed by atoms with van der Waals surface area (Å²) in [7, 11) is -0.540. The van der Waals surface area contributed by atoms with E-state index in [1.807, 2.05) is 0 Å². The van der Waals surface area contributed by atoms with Gasteiger partial charge in [0, 0.05) is 54.0 Å². The molecule has 1 saturated carbocycles. The quantitative estimate of drug-likeness (QED) is 0.728. The highest BCUT2D eigenvalue weighted by Crippen LogP contribution is 2.18. The van der Waals surface area contributed by atoms with E-state index in [0.29, 0.717) is 6.04 Å². The first-order valence-corrected chi connectivity index (χ1v) is 7.07. The third-order valence-electron chi connectivity index (χ3n) is 3.11. The van der Waals surface area contributed by atoms with E-state index in [0.717, 1.165) is 37.2 Å². The van der Waals surface area contributed by atoms with Crippen LogP contribution in [-0.4, -0.2) is 52.3 Å². The van der Waals surface area contributed by atoms with E-state index in [-0.39, 0.29) is 0 Å². The summed E-state index contributed by atoms with van der Waals surface area (Å²) in [6.07, 6.45) is 2.72. The highest BCUT2D eigenvalue weighted by Gasteiger charge is 2.24. The summed E-state index contributed by atoms with van der Waals surface area (Å²) in [5.41, 5.74) is 0. The van der Waals surface area contributed by atoms with E-state index in [4.69, 9.17) is 0 Å². The van der Waals surface area contributed by atoms with E-state index in [1.165, 1.54) is 12.8 Å². The Bertz CT molecular complexity index is 208. The predicted octanol–water partition coefficient (Wildman–Crippen LogP) is 0.191. The second kappa shape index (κ2) is 4.73. The summed E-state index contributed by atoms with van der Waals surface area (Å²) in [5.74, 6) is 1.74. The first kappa shape index (κ1) is 10.6. The molecule has 0 spiro atoms. The Kier molecular flexibility index (Phi) is 3.57. The highest BCUT2D eigenvalue weighted by molar-refractivity contribution is 7.85. The Morgan fingerprint density at radius 1 is 1.43 bits per heavy atom. The zero-order valence-electron chi connectivity index (χ0n) is 8.87. The average molecular weight is 216 g/mol. The second-order valence-corrected chi connectivity index (χ2v) is 6.11. The molecule has 1 heterocycles. The number of nitrogens with zero attached hydrogens (tertiary/aromatic N) is 1. The van der Waals surface area contributed by atoms with E-state index in [1.54, 1.807) is 0 Å². The van der Waals surface area contributed by atoms with Crippen molar-refractivity contribution in [2.24, 2.45) is 0 Å². The van der Waals surface area contributed by atoms with Gasteiger partial charge < -0.3 is 5.32 Å². The fraction of sp³-hybridized carbons (Fsp3) is 1.00. The van der Waals surface area contributed by atoms with Gasteiger partial charge in [0.15, 0.2) is 0 Å². The Morgan fingerprint density at radius 2 is 2.07 bits per heavy atom. The maximum absolute atomic E-state index is 11.2. The average Bonchev–Trinajstić information content (AvgIpc) is 2.99. The minimum absolute atomic E-state index is 0.540. The molecule has 0 bridgehead atoms. The van der Waals surface area contributed by atoms with Gasteiger partial charge in [0.1, 0.15) is 0 Å². The van der Waals surface area contributed by atoms with E-state index in [2.05, 4.69) is 17.1 Å². The van der Waals surface area contributed by atoms with Crippen molar-refractivity contribution in [1.82, 2.24) is 10.2 Å². The van der Waals surface area contributed by atoms with Gasteiger partial charge in [-0.25, -0.2) is 0 Å². The number of hydrogen-bond acceptors (Lipinski definition) is 3. The van der Waals surface area contributed by atoms with E-state index in [9.17, 15) is 4.21 Å². The summed E-state index contributed by atoms with van der Waals surface area (Å²) in [5, 5.41) is 3.55. The largest absolute Gasteiger partial charge is 0.312 e. The van der Waals surface area contributed by atoms with Crippen LogP contribution < -0.4 is 5.32 Å². The molecular formula is C10H20N2OS. The van der Waals surface area contributed by atoms with Crippen molar-refractivity contribution >= 4 is 10.8 Å². The summed E-state index contributed by atoms with van der Waals surface area (Å²) in [4.78, 5) is 2.46. The van der Waals surface area contributed by atoms with E-state index < -0.39 is 10.8 Å². The lowest BCUT2D eigenvalue weighted by atomic mass is 10.2. The van der Waals surface area contributed by atoms with Crippen molar-refractivity contribution < 1.29 is 4.21 Å². The number of hydrogen-bond donors (Lipinski definition) is 1. The number of rotatable bonds is 4. The van der Waals surface area contributed by atoms with Crippen LogP contribution in [-0.2, 0) is 10.8 Å². The maximum atomic E-state index is 11.2. The first-order chi connectivity index (χ1) is 6.75. The Labute approximate surface area is 88.7 Å². The summed E-state index contributed by atoms with van der Waals surface area (Å²) < 4.78 is 11.2. The van der Waals surface area contributed by atoms with Gasteiger partial charge in [0.05, 0.1) is 0 Å². The predicted molar refractivity (Wildman–Crippen MR) is 59.9 cm³/mol. The zero-order valence-corrected chi connectivity index (χ0v) is 9.68. The van der Waals surface area contributed by atoms with Gasteiger partial charge in [-0.3, -0.25) is 9.11 Å². The Balaban J connectivity index is 1.67. The minimum Gasteiger partial charge on any atom is -0.312 e. The van der Waals surface area contributed by atoms with Crippen LogP contribution in [0, 0.1) is 0 Å². The Hall–Kier alpha value is 0.0700. The molecule has 1 saturated heterocycles. The molecule has 3 nitrogen and oxygen atoms in total. The fourth-order valence-electron chi connectivity index (χ4n) is 1.85. The first-order valence-electron chi connectivity index (χ1n) is 5.58. The van der Waals surface area contributed by atoms with Gasteiger partial charge in [-0.2, -0.15) is 0 Å². The van der Waals surface area contributed by atoms with Crippen LogP contribution in [0.25, 0.3) is 0 Å². The molecule has 14 heavy (non-hydrogen) atoms. The lowest BCUT2D eigenvalue weighted by Crippen LogP contribution is -2.47. The molecule has 0 aromatic heterocycles. The molecular weight excluding hydrogens is 196 g/mol. The molecule has 1 aliphatic heterocycles. The van der Waals surface area contributed by atoms with Crippen LogP contribution in [0.15, 0.2) is 0 Å². The molecule has 2 fully saturated rings. The summed E-state index contributed by atoms with van der Waals surface area (Å²) in [6.45, 7) is 5.39. The van der Waals surface area contributed by atoms with Gasteiger partial charge in [0.2, 0.25) is 0 Å². The summed E-state index contributed by atoms with van der Waals surface area (Å²) >= 11 is 0. The van der Waals surface area contributed by atoms with Crippen molar-refractivity contribution in [2.45, 2.75) is 31.8 Å². The van der Waals surface area contributed by atoms with Crippen molar-refractivity contribution in [3.63, 3.8) is 0 Å². The molecule has 1 unspecified atom stereocenters. The van der Waals surface area contributed by atoms with Gasteiger partial charge in [-0.05, 0) is 19.8 Å². The van der Waals surface area contributed by atoms with Gasteiger partial charge in [0.25, 0.3) is 0 Å². The molecule has 1 atom stereocenters. The van der Waals surface area contributed by atoms with Crippen molar-refractivity contribution in [2.75, 3.05) is 31.1 Å². The van der Waals surface area contributed by atoms with Crippen LogP contribution in [0.5, 0.6) is 0 Å². The lowest BCUT2D eigenvalue weighted by molar-refractivity contribution is 0.223. The molecule has 0 radical (unpaired) electrons. The minimum atomic E-state index is -0.540. The molecule has 0 aromatic rings. The van der Waals surface area contributed by atoms with Gasteiger partial charge in [-0.1, -0.05) is 0 Å². The Morgan fingerprint density at radius 3 is 2.64 bits per heavy atom.